The molecule has 3 heteroatoms. The van der Waals surface area contributed by atoms with Gasteiger partial charge in [0.05, 0.1) is 6.61 Å². The number of piperidine rings is 1. The SMILES string of the molecule is C=C(C)CN(CC)CC1(COC)CCNCC1. The first-order chi connectivity index (χ1) is 8.12. The molecule has 1 rings (SSSR count). The van der Waals surface area contributed by atoms with Crippen molar-refractivity contribution in [2.45, 2.75) is 26.7 Å². The predicted molar refractivity (Wildman–Crippen MR) is 73.3 cm³/mol. The van der Waals surface area contributed by atoms with E-state index in [1.165, 1.54) is 18.4 Å². The van der Waals surface area contributed by atoms with Crippen molar-refractivity contribution in [3.05, 3.63) is 12.2 Å². The summed E-state index contributed by atoms with van der Waals surface area (Å²) < 4.78 is 5.46. The summed E-state index contributed by atoms with van der Waals surface area (Å²) in [6.07, 6.45) is 2.43. The van der Waals surface area contributed by atoms with E-state index in [0.29, 0.717) is 5.41 Å². The van der Waals surface area contributed by atoms with E-state index in [4.69, 9.17) is 4.74 Å². The maximum absolute atomic E-state index is 5.46. The molecule has 1 N–H and O–H groups in total. The smallest absolute Gasteiger partial charge is 0.0531 e. The molecular formula is C14H28N2O. The molecular weight excluding hydrogens is 212 g/mol. The van der Waals surface area contributed by atoms with E-state index >= 15 is 0 Å². The van der Waals surface area contributed by atoms with E-state index in [1.807, 2.05) is 7.11 Å². The first-order valence-electron chi connectivity index (χ1n) is 6.68. The number of ether oxygens (including phenoxy) is 1. The van der Waals surface area contributed by atoms with Crippen molar-refractivity contribution in [3.63, 3.8) is 0 Å². The van der Waals surface area contributed by atoms with Crippen LogP contribution in [0.15, 0.2) is 12.2 Å². The van der Waals surface area contributed by atoms with Crippen LogP contribution >= 0.6 is 0 Å². The highest BCUT2D eigenvalue weighted by Crippen LogP contribution is 2.30. The monoisotopic (exact) mass is 240 g/mol. The van der Waals surface area contributed by atoms with Gasteiger partial charge in [0, 0.05) is 25.6 Å². The highest BCUT2D eigenvalue weighted by molar-refractivity contribution is 4.94. The topological polar surface area (TPSA) is 24.5 Å². The molecule has 1 saturated heterocycles. The summed E-state index contributed by atoms with van der Waals surface area (Å²) in [5, 5.41) is 3.44. The van der Waals surface area contributed by atoms with Crippen molar-refractivity contribution in [1.82, 2.24) is 10.2 Å². The highest BCUT2D eigenvalue weighted by atomic mass is 16.5. The Labute approximate surface area is 106 Å². The first kappa shape index (κ1) is 14.7. The maximum atomic E-state index is 5.46. The van der Waals surface area contributed by atoms with E-state index in [2.05, 4.69) is 30.6 Å². The summed E-state index contributed by atoms with van der Waals surface area (Å²) in [7, 11) is 1.82. The number of methoxy groups -OCH3 is 1. The third-order valence-electron chi connectivity index (χ3n) is 3.61. The number of likely N-dealkylation sites (N-methyl/N-ethyl adjacent to an activating group) is 1. The zero-order valence-electron chi connectivity index (χ0n) is 11.7. The van der Waals surface area contributed by atoms with Crippen LogP contribution in [0.2, 0.25) is 0 Å². The maximum Gasteiger partial charge on any atom is 0.0531 e. The highest BCUT2D eigenvalue weighted by Gasteiger charge is 2.33. The summed E-state index contributed by atoms with van der Waals surface area (Å²) in [4.78, 5) is 2.49. The van der Waals surface area contributed by atoms with E-state index in [1.54, 1.807) is 0 Å². The van der Waals surface area contributed by atoms with Gasteiger partial charge in [-0.1, -0.05) is 19.1 Å². The lowest BCUT2D eigenvalue weighted by atomic mass is 9.79. The molecule has 17 heavy (non-hydrogen) atoms. The molecule has 0 amide bonds. The molecule has 0 aromatic heterocycles. The van der Waals surface area contributed by atoms with Crippen LogP contribution in [0.25, 0.3) is 0 Å². The Morgan fingerprint density at radius 3 is 2.53 bits per heavy atom. The van der Waals surface area contributed by atoms with Gasteiger partial charge in [0.2, 0.25) is 0 Å². The van der Waals surface area contributed by atoms with Crippen LogP contribution in [0.1, 0.15) is 26.7 Å². The van der Waals surface area contributed by atoms with Crippen molar-refractivity contribution in [3.8, 4) is 0 Å². The number of nitrogens with one attached hydrogen (secondary N) is 1. The number of rotatable bonds is 7. The molecule has 0 radical (unpaired) electrons. The molecule has 1 aliphatic rings. The normalized spacial score (nSPS) is 19.5. The lowest BCUT2D eigenvalue weighted by Crippen LogP contribution is -2.47. The molecule has 0 aliphatic carbocycles. The van der Waals surface area contributed by atoms with Crippen molar-refractivity contribution < 1.29 is 4.74 Å². The third kappa shape index (κ3) is 4.78. The molecule has 1 fully saturated rings. The van der Waals surface area contributed by atoms with E-state index < -0.39 is 0 Å². The summed E-state index contributed by atoms with van der Waals surface area (Å²) >= 11 is 0. The van der Waals surface area contributed by atoms with Crippen LogP contribution in [0, 0.1) is 5.41 Å². The second-order valence-corrected chi connectivity index (χ2v) is 5.44. The number of nitrogens with zero attached hydrogens (tertiary/aromatic N) is 1. The Morgan fingerprint density at radius 2 is 2.06 bits per heavy atom. The van der Waals surface area contributed by atoms with Gasteiger partial charge in [-0.25, -0.2) is 0 Å². The lowest BCUT2D eigenvalue weighted by Gasteiger charge is -2.40. The minimum atomic E-state index is 0.339. The predicted octanol–water partition coefficient (Wildman–Crippen LogP) is 1.90. The minimum Gasteiger partial charge on any atom is -0.384 e. The Kier molecular flexibility index (Phi) is 6.17. The number of hydrogen-bond acceptors (Lipinski definition) is 3. The molecule has 0 aromatic carbocycles. The summed E-state index contributed by atoms with van der Waals surface area (Å²) in [5.74, 6) is 0. The van der Waals surface area contributed by atoms with Crippen LogP contribution in [0.5, 0.6) is 0 Å². The van der Waals surface area contributed by atoms with Gasteiger partial charge in [-0.15, -0.1) is 0 Å². The largest absolute Gasteiger partial charge is 0.384 e. The average Bonchev–Trinajstić information content (AvgIpc) is 2.29. The van der Waals surface area contributed by atoms with Gasteiger partial charge in [0.1, 0.15) is 0 Å². The van der Waals surface area contributed by atoms with Crippen molar-refractivity contribution >= 4 is 0 Å². The lowest BCUT2D eigenvalue weighted by molar-refractivity contribution is 0.0258. The van der Waals surface area contributed by atoms with Gasteiger partial charge in [-0.3, -0.25) is 4.90 Å². The van der Waals surface area contributed by atoms with Gasteiger partial charge in [0.25, 0.3) is 0 Å². The zero-order valence-corrected chi connectivity index (χ0v) is 11.7. The fourth-order valence-electron chi connectivity index (χ4n) is 2.75. The Balaban J connectivity index is 2.59. The fraction of sp³-hybridized carbons (Fsp3) is 0.857. The van der Waals surface area contributed by atoms with Crippen LogP contribution in [0.3, 0.4) is 0 Å². The minimum absolute atomic E-state index is 0.339. The van der Waals surface area contributed by atoms with Crippen LogP contribution in [0.4, 0.5) is 0 Å². The molecule has 100 valence electrons. The summed E-state index contributed by atoms with van der Waals surface area (Å²) in [5.41, 5.74) is 1.58. The van der Waals surface area contributed by atoms with E-state index in [-0.39, 0.29) is 0 Å². The Bertz CT molecular complexity index is 229. The second-order valence-electron chi connectivity index (χ2n) is 5.44. The molecule has 1 aliphatic heterocycles. The van der Waals surface area contributed by atoms with Crippen molar-refractivity contribution in [1.29, 1.82) is 0 Å². The fourth-order valence-corrected chi connectivity index (χ4v) is 2.75. The second kappa shape index (κ2) is 7.14. The summed E-state index contributed by atoms with van der Waals surface area (Å²) in [6.45, 7) is 14.7. The molecule has 0 unspecified atom stereocenters. The van der Waals surface area contributed by atoms with Gasteiger partial charge >= 0.3 is 0 Å². The van der Waals surface area contributed by atoms with Crippen LogP contribution in [-0.4, -0.2) is 51.3 Å². The molecule has 0 saturated carbocycles. The van der Waals surface area contributed by atoms with E-state index in [0.717, 1.165) is 39.3 Å². The van der Waals surface area contributed by atoms with Crippen LogP contribution < -0.4 is 5.32 Å². The average molecular weight is 240 g/mol. The first-order valence-corrected chi connectivity index (χ1v) is 6.68. The van der Waals surface area contributed by atoms with E-state index in [9.17, 15) is 0 Å². The molecule has 3 nitrogen and oxygen atoms in total. The Morgan fingerprint density at radius 1 is 1.41 bits per heavy atom. The van der Waals surface area contributed by atoms with Gasteiger partial charge in [-0.2, -0.15) is 0 Å². The Hall–Kier alpha value is -0.380. The molecule has 0 bridgehead atoms. The molecule has 0 aromatic rings. The molecule has 0 spiro atoms. The standard InChI is InChI=1S/C14H28N2O/c1-5-16(10-13(2)3)11-14(12-17-4)6-8-15-9-7-14/h15H,2,5-12H2,1,3-4H3. The van der Waals surface area contributed by atoms with Crippen molar-refractivity contribution in [2.75, 3.05) is 46.4 Å². The quantitative estimate of drug-likeness (QED) is 0.688. The molecule has 0 atom stereocenters. The van der Waals surface area contributed by atoms with Crippen molar-refractivity contribution in [2.24, 2.45) is 5.41 Å². The summed E-state index contributed by atoms with van der Waals surface area (Å²) in [6, 6.07) is 0. The van der Waals surface area contributed by atoms with Gasteiger partial charge < -0.3 is 10.1 Å². The number of hydrogen-bond donors (Lipinski definition) is 1. The van der Waals surface area contributed by atoms with Gasteiger partial charge in [-0.05, 0) is 39.4 Å². The molecule has 1 heterocycles. The third-order valence-corrected chi connectivity index (χ3v) is 3.61. The van der Waals surface area contributed by atoms with Gasteiger partial charge in [0.15, 0.2) is 0 Å². The zero-order chi connectivity index (χ0) is 12.7. The van der Waals surface area contributed by atoms with Crippen LogP contribution in [-0.2, 0) is 4.74 Å².